The summed E-state index contributed by atoms with van der Waals surface area (Å²) in [4.78, 5) is 0. The van der Waals surface area contributed by atoms with E-state index in [1.54, 1.807) is 0 Å². The molecular weight excluding hydrogens is 127 g/mol. The topological polar surface area (TPSA) is 25.1 Å². The van der Waals surface area contributed by atoms with Gasteiger partial charge in [0.05, 0.1) is 6.61 Å². The van der Waals surface area contributed by atoms with Crippen molar-refractivity contribution in [1.82, 2.24) is 0 Å². The quantitative estimate of drug-likeness (QED) is 0.400. The van der Waals surface area contributed by atoms with Crippen LogP contribution in [0.1, 0.15) is 12.8 Å². The summed E-state index contributed by atoms with van der Waals surface area (Å²) in [5, 5.41) is 0. The smallest absolute Gasteiger partial charge is 0.232 e. The summed E-state index contributed by atoms with van der Waals surface area (Å²) in [6.45, 7) is 1.86. The predicted molar refractivity (Wildman–Crippen MR) is 29.0 cm³/mol. The van der Waals surface area contributed by atoms with E-state index in [1.807, 2.05) is 0 Å². The van der Waals surface area contributed by atoms with Crippen molar-refractivity contribution in [1.29, 1.82) is 0 Å². The molecule has 0 saturated carbocycles. The van der Waals surface area contributed by atoms with Gasteiger partial charge in [-0.05, 0) is 6.42 Å². The van der Waals surface area contributed by atoms with Crippen LogP contribution in [0.15, 0.2) is 8.34 Å². The average molecular weight is 135 g/mol. The fourth-order valence-corrected chi connectivity index (χ4v) is 1.70. The third kappa shape index (κ3) is 0.721. The van der Waals surface area contributed by atoms with E-state index in [0.29, 0.717) is 0 Å². The van der Waals surface area contributed by atoms with E-state index in [2.05, 4.69) is 3.99 Å². The highest BCUT2D eigenvalue weighted by atomic mass is 31.1. The molecule has 46 valence electrons. The molecule has 0 spiro atoms. The number of hydrogen-bond acceptors (Lipinski definition) is 2. The molecule has 0 aromatic carbocycles. The van der Waals surface area contributed by atoms with E-state index < -0.39 is 8.24 Å². The van der Waals surface area contributed by atoms with Crippen molar-refractivity contribution in [2.75, 3.05) is 6.61 Å². The lowest BCUT2D eigenvalue weighted by Gasteiger charge is -1.83. The molecule has 8 heavy (non-hydrogen) atoms. The number of rotatable bonds is 0. The SMILES string of the molecule is C1CC[o+]2op2OC1. The molecule has 0 saturated heterocycles. The second-order valence-electron chi connectivity index (χ2n) is 1.86. The highest BCUT2D eigenvalue weighted by molar-refractivity contribution is 7.34. The van der Waals surface area contributed by atoms with Gasteiger partial charge in [-0.2, -0.15) is 0 Å². The average Bonchev–Trinajstić information content (AvgIpc) is 2.36. The Morgan fingerprint density at radius 3 is 3.38 bits per heavy atom. The molecule has 1 aromatic rings. The van der Waals surface area contributed by atoms with Crippen molar-refractivity contribution in [2.45, 2.75) is 19.4 Å². The zero-order valence-electron chi connectivity index (χ0n) is 4.50. The van der Waals surface area contributed by atoms with E-state index in [4.69, 9.17) is 8.88 Å². The van der Waals surface area contributed by atoms with Gasteiger partial charge in [0.15, 0.2) is 6.61 Å². The molecule has 0 fully saturated rings. The van der Waals surface area contributed by atoms with Crippen LogP contribution in [-0.2, 0) is 6.61 Å². The van der Waals surface area contributed by atoms with Crippen LogP contribution in [0.3, 0.4) is 0 Å². The van der Waals surface area contributed by atoms with E-state index in [0.717, 1.165) is 13.2 Å². The minimum Gasteiger partial charge on any atom is -0.232 e. The van der Waals surface area contributed by atoms with Crippen molar-refractivity contribution < 1.29 is 12.9 Å². The molecule has 1 aromatic heterocycles. The number of aryl methyl sites for hydroxylation is 1. The number of fused-ring (bicyclic) bond motifs is 1. The predicted octanol–water partition coefficient (Wildman–Crippen LogP) is 1.77. The second kappa shape index (κ2) is 1.67. The lowest BCUT2D eigenvalue weighted by Crippen LogP contribution is -1.89. The summed E-state index contributed by atoms with van der Waals surface area (Å²) in [5.41, 5.74) is 0. The maximum absolute atomic E-state index is 5.21. The first kappa shape index (κ1) is 4.71. The van der Waals surface area contributed by atoms with Gasteiger partial charge in [-0.1, -0.05) is 0 Å². The molecule has 4 heteroatoms. The monoisotopic (exact) mass is 135 g/mol. The maximum Gasteiger partial charge on any atom is 0.736 e. The Balaban J connectivity index is 2.06. The second-order valence-corrected chi connectivity index (χ2v) is 3.13. The molecule has 0 amide bonds. The minimum atomic E-state index is -0.602. The van der Waals surface area contributed by atoms with Crippen LogP contribution in [0.5, 0.6) is 0 Å². The Morgan fingerprint density at radius 1 is 1.38 bits per heavy atom. The van der Waals surface area contributed by atoms with Gasteiger partial charge in [0.25, 0.3) is 0 Å². The molecule has 1 atom stereocenters. The molecule has 3 nitrogen and oxygen atoms in total. The largest absolute Gasteiger partial charge is 0.736 e. The first-order chi connectivity index (χ1) is 3.97. The molecule has 1 aliphatic heterocycles. The van der Waals surface area contributed by atoms with Crippen LogP contribution >= 0.6 is 8.24 Å². The Labute approximate surface area is 48.2 Å². The van der Waals surface area contributed by atoms with Gasteiger partial charge in [0, 0.05) is 10.8 Å². The van der Waals surface area contributed by atoms with Gasteiger partial charge >= 0.3 is 8.24 Å². The first-order valence-electron chi connectivity index (χ1n) is 2.79. The lowest BCUT2D eigenvalue weighted by atomic mass is 10.3. The Kier molecular flexibility index (Phi) is 0.986. The van der Waals surface area contributed by atoms with E-state index in [9.17, 15) is 0 Å². The highest BCUT2D eigenvalue weighted by Gasteiger charge is 2.34. The fourth-order valence-electron chi connectivity index (χ4n) is 0.715. The zero-order valence-corrected chi connectivity index (χ0v) is 5.39. The Hall–Kier alpha value is -0.140. The molecule has 0 N–H and O–H groups in total. The lowest BCUT2D eigenvalue weighted by molar-refractivity contribution is -0.0236. The van der Waals surface area contributed by atoms with Gasteiger partial charge in [-0.3, -0.25) is 0 Å². The van der Waals surface area contributed by atoms with Crippen LogP contribution < -0.4 is 4.52 Å². The minimum absolute atomic E-state index is 0.602. The number of hydrogen-bond donors (Lipinski definition) is 0. The normalized spacial score (nSPS) is 22.8. The van der Waals surface area contributed by atoms with Crippen molar-refractivity contribution in [2.24, 2.45) is 0 Å². The molecule has 0 radical (unpaired) electrons. The van der Waals surface area contributed by atoms with Crippen LogP contribution in [0.4, 0.5) is 0 Å². The first-order valence-corrected chi connectivity index (χ1v) is 3.89. The Bertz CT molecular complexity index is 146. The van der Waals surface area contributed by atoms with Crippen molar-refractivity contribution in [3.8, 4) is 0 Å². The van der Waals surface area contributed by atoms with Crippen LogP contribution in [-0.4, -0.2) is 6.61 Å². The molecule has 1 aliphatic rings. The summed E-state index contributed by atoms with van der Waals surface area (Å²) in [5.74, 6) is 0. The molecule has 0 bridgehead atoms. The van der Waals surface area contributed by atoms with Gasteiger partial charge in [0.1, 0.15) is 0 Å². The molecule has 2 rings (SSSR count). The summed E-state index contributed by atoms with van der Waals surface area (Å²) >= 11 is 0. The van der Waals surface area contributed by atoms with Crippen molar-refractivity contribution in [3.63, 3.8) is 0 Å². The molecule has 2 heterocycles. The molecule has 0 aliphatic carbocycles. The summed E-state index contributed by atoms with van der Waals surface area (Å²) < 4.78 is 12.8. The van der Waals surface area contributed by atoms with Gasteiger partial charge < -0.3 is 0 Å². The third-order valence-electron chi connectivity index (χ3n) is 1.20. The molecule has 1 unspecified atom stereocenters. The van der Waals surface area contributed by atoms with E-state index >= 15 is 0 Å². The zero-order chi connectivity index (χ0) is 5.40. The standard InChI is InChI=1S/C4H8O3P/c1-2-4-7-6-8(7)5-3-1/h1-4H2/q+1. The highest BCUT2D eigenvalue weighted by Crippen LogP contribution is 2.44. The van der Waals surface area contributed by atoms with E-state index in [1.165, 1.54) is 12.8 Å². The van der Waals surface area contributed by atoms with E-state index in [-0.39, 0.29) is 0 Å². The van der Waals surface area contributed by atoms with Gasteiger partial charge in [0.2, 0.25) is 0 Å². The summed E-state index contributed by atoms with van der Waals surface area (Å²) in [7, 11) is -0.602. The van der Waals surface area contributed by atoms with Crippen molar-refractivity contribution >= 4 is 8.24 Å². The van der Waals surface area contributed by atoms with Crippen molar-refractivity contribution in [3.05, 3.63) is 0 Å². The summed E-state index contributed by atoms with van der Waals surface area (Å²) in [6, 6.07) is 0. The van der Waals surface area contributed by atoms with Gasteiger partial charge in [-0.25, -0.2) is 8.51 Å². The fraction of sp³-hybridized carbons (Fsp3) is 1.00. The third-order valence-corrected chi connectivity index (χ3v) is 2.37. The molecular formula is C4H8O3P+. The Morgan fingerprint density at radius 2 is 2.38 bits per heavy atom. The van der Waals surface area contributed by atoms with Crippen LogP contribution in [0.25, 0.3) is 0 Å². The summed E-state index contributed by atoms with van der Waals surface area (Å²) in [6.07, 6.45) is 2.36. The van der Waals surface area contributed by atoms with Gasteiger partial charge in [-0.15, -0.1) is 0 Å². The maximum atomic E-state index is 5.21. The van der Waals surface area contributed by atoms with Crippen LogP contribution in [0.2, 0.25) is 0 Å². The van der Waals surface area contributed by atoms with Crippen LogP contribution in [0, 0.1) is 0 Å².